The molecule has 4 aromatic carbocycles. The summed E-state index contributed by atoms with van der Waals surface area (Å²) in [6.07, 6.45) is -0.278. The average molecular weight is 541 g/mol. The van der Waals surface area contributed by atoms with Crippen molar-refractivity contribution < 1.29 is 29.1 Å². The molecule has 0 aliphatic carbocycles. The van der Waals surface area contributed by atoms with Crippen molar-refractivity contribution in [1.82, 2.24) is 0 Å². The van der Waals surface area contributed by atoms with Gasteiger partial charge in [-0.05, 0) is 68.8 Å². The van der Waals surface area contributed by atoms with Gasteiger partial charge < -0.3 is 20.0 Å². The zero-order valence-corrected chi connectivity index (χ0v) is 22.7. The maximum absolute atomic E-state index is 12.2. The highest BCUT2D eigenvalue weighted by molar-refractivity contribution is 7.73. The third kappa shape index (κ3) is 9.87. The Hall–Kier alpha value is -2.82. The van der Waals surface area contributed by atoms with Gasteiger partial charge in [0.2, 0.25) is 0 Å². The standard InChI is InChI=1S/2C12H11O2P.C5H12O2/c2*13-15(14,11-7-3-1-4-8-11)12-9-5-2-6-10-12;1-4(6)3-5(2)7/h2*1-10H,(H,13,14);4-7H,3H2,1-2H3. The summed E-state index contributed by atoms with van der Waals surface area (Å²) in [5.41, 5.74) is 0. The second-order valence-electron chi connectivity index (χ2n) is 8.43. The Bertz CT molecular complexity index is 1080. The van der Waals surface area contributed by atoms with Crippen LogP contribution in [-0.2, 0) is 9.13 Å². The van der Waals surface area contributed by atoms with Gasteiger partial charge in [-0.2, -0.15) is 0 Å². The van der Waals surface area contributed by atoms with Crippen LogP contribution in [0.5, 0.6) is 0 Å². The first kappa shape index (κ1) is 30.4. The molecule has 0 saturated carbocycles. The molecule has 0 amide bonds. The lowest BCUT2D eigenvalue weighted by molar-refractivity contribution is 0.102. The average Bonchev–Trinajstić information content (AvgIpc) is 2.91. The van der Waals surface area contributed by atoms with Crippen LogP contribution < -0.4 is 21.2 Å². The molecule has 0 bridgehead atoms. The molecule has 0 fully saturated rings. The van der Waals surface area contributed by atoms with Crippen molar-refractivity contribution in [2.24, 2.45) is 0 Å². The van der Waals surface area contributed by atoms with Gasteiger partial charge in [0.1, 0.15) is 0 Å². The van der Waals surface area contributed by atoms with E-state index in [0.717, 1.165) is 0 Å². The Morgan fingerprint density at radius 1 is 0.486 bits per heavy atom. The topological polar surface area (TPSA) is 115 Å². The maximum Gasteiger partial charge on any atom is 0.258 e. The Morgan fingerprint density at radius 2 is 0.676 bits per heavy atom. The van der Waals surface area contributed by atoms with Gasteiger partial charge in [-0.15, -0.1) is 0 Å². The van der Waals surface area contributed by atoms with E-state index in [0.29, 0.717) is 27.6 Å². The number of hydrogen-bond donors (Lipinski definition) is 4. The molecule has 0 aliphatic heterocycles. The van der Waals surface area contributed by atoms with Gasteiger partial charge in [0.05, 0.1) is 12.2 Å². The van der Waals surface area contributed by atoms with E-state index in [2.05, 4.69) is 0 Å². The van der Waals surface area contributed by atoms with Crippen LogP contribution in [0, 0.1) is 0 Å². The highest BCUT2D eigenvalue weighted by Crippen LogP contribution is 2.38. The summed E-state index contributed by atoms with van der Waals surface area (Å²) in [6, 6.07) is 34.8. The van der Waals surface area contributed by atoms with Crippen LogP contribution in [0.2, 0.25) is 0 Å². The molecule has 8 heteroatoms. The Kier molecular flexibility index (Phi) is 12.2. The van der Waals surface area contributed by atoms with Gasteiger partial charge in [-0.3, -0.25) is 9.13 Å². The Balaban J connectivity index is 0.000000210. The normalized spacial score (nSPS) is 12.7. The molecule has 4 aromatic rings. The third-order valence-electron chi connectivity index (χ3n) is 5.11. The van der Waals surface area contributed by atoms with Gasteiger partial charge in [-0.1, -0.05) is 72.8 Å². The van der Waals surface area contributed by atoms with Crippen molar-refractivity contribution in [3.05, 3.63) is 121 Å². The third-order valence-corrected chi connectivity index (χ3v) is 9.10. The van der Waals surface area contributed by atoms with Crippen LogP contribution in [0.15, 0.2) is 121 Å². The minimum atomic E-state index is -3.40. The molecule has 2 atom stereocenters. The van der Waals surface area contributed by atoms with E-state index in [1.807, 2.05) is 24.3 Å². The molecule has 6 nitrogen and oxygen atoms in total. The number of benzene rings is 4. The van der Waals surface area contributed by atoms with Crippen LogP contribution >= 0.6 is 14.7 Å². The lowest BCUT2D eigenvalue weighted by atomic mass is 10.2. The summed E-state index contributed by atoms with van der Waals surface area (Å²) in [7, 11) is -6.79. The fraction of sp³-hybridized carbons (Fsp3) is 0.172. The number of aliphatic hydroxyl groups is 2. The Labute approximate surface area is 218 Å². The van der Waals surface area contributed by atoms with E-state index in [1.165, 1.54) is 0 Å². The predicted octanol–water partition coefficient (Wildman–Crippen LogP) is 3.95. The monoisotopic (exact) mass is 540 g/mol. The van der Waals surface area contributed by atoms with E-state index in [1.54, 1.807) is 111 Å². The van der Waals surface area contributed by atoms with Crippen LogP contribution in [0.25, 0.3) is 0 Å². The molecule has 0 aromatic heterocycles. The van der Waals surface area contributed by atoms with E-state index in [4.69, 9.17) is 10.2 Å². The molecule has 0 saturated heterocycles. The largest absolute Gasteiger partial charge is 0.393 e. The summed E-state index contributed by atoms with van der Waals surface area (Å²) in [5.74, 6) is 0. The van der Waals surface area contributed by atoms with Crippen LogP contribution in [0.4, 0.5) is 0 Å². The summed E-state index contributed by atoms with van der Waals surface area (Å²) in [6.45, 7) is 3.32. The molecule has 0 heterocycles. The van der Waals surface area contributed by atoms with Crippen LogP contribution in [0.1, 0.15) is 20.3 Å². The summed E-state index contributed by atoms with van der Waals surface area (Å²) in [4.78, 5) is 20.0. The lowest BCUT2D eigenvalue weighted by Gasteiger charge is -2.11. The quantitative estimate of drug-likeness (QED) is 0.276. The molecule has 0 aliphatic rings. The van der Waals surface area contributed by atoms with E-state index in [9.17, 15) is 18.9 Å². The van der Waals surface area contributed by atoms with Crippen molar-refractivity contribution in [3.8, 4) is 0 Å². The smallest absolute Gasteiger partial charge is 0.258 e. The molecular formula is C29H34O6P2. The molecule has 196 valence electrons. The second-order valence-corrected chi connectivity index (χ2v) is 12.8. The van der Waals surface area contributed by atoms with Crippen molar-refractivity contribution in [3.63, 3.8) is 0 Å². The maximum atomic E-state index is 12.2. The second kappa shape index (κ2) is 14.8. The van der Waals surface area contributed by atoms with Crippen LogP contribution in [-0.4, -0.2) is 32.2 Å². The molecule has 37 heavy (non-hydrogen) atoms. The highest BCUT2D eigenvalue weighted by atomic mass is 31.2. The van der Waals surface area contributed by atoms with E-state index in [-0.39, 0.29) is 12.2 Å². The first-order valence-electron chi connectivity index (χ1n) is 11.8. The molecule has 0 spiro atoms. The number of hydrogen-bond acceptors (Lipinski definition) is 4. The molecule has 2 unspecified atom stereocenters. The zero-order chi connectivity index (χ0) is 27.3. The summed E-state index contributed by atoms with van der Waals surface area (Å²) >= 11 is 0. The van der Waals surface area contributed by atoms with Crippen molar-refractivity contribution in [2.45, 2.75) is 32.5 Å². The van der Waals surface area contributed by atoms with E-state index >= 15 is 0 Å². The number of rotatable bonds is 6. The Morgan fingerprint density at radius 3 is 0.811 bits per heavy atom. The minimum absolute atomic E-state index is 0.375. The molecule has 4 rings (SSSR count). The van der Waals surface area contributed by atoms with Gasteiger partial charge in [0.15, 0.2) is 0 Å². The van der Waals surface area contributed by atoms with Gasteiger partial charge in [-0.25, -0.2) is 0 Å². The van der Waals surface area contributed by atoms with Gasteiger partial charge >= 0.3 is 0 Å². The van der Waals surface area contributed by atoms with Crippen LogP contribution in [0.3, 0.4) is 0 Å². The lowest BCUT2D eigenvalue weighted by Crippen LogP contribution is -2.14. The number of aliphatic hydroxyl groups excluding tert-OH is 2. The summed E-state index contributed by atoms with van der Waals surface area (Å²) < 4.78 is 24.3. The zero-order valence-electron chi connectivity index (χ0n) is 20.9. The van der Waals surface area contributed by atoms with Crippen molar-refractivity contribution >= 4 is 36.0 Å². The fourth-order valence-corrected chi connectivity index (χ4v) is 6.21. The predicted molar refractivity (Wildman–Crippen MR) is 152 cm³/mol. The summed E-state index contributed by atoms with van der Waals surface area (Å²) in [5, 5.41) is 19.0. The first-order chi connectivity index (χ1) is 17.5. The van der Waals surface area contributed by atoms with Crippen molar-refractivity contribution in [1.29, 1.82) is 0 Å². The fourth-order valence-electron chi connectivity index (χ4n) is 3.31. The molecule has 4 N–H and O–H groups in total. The molecule has 0 radical (unpaired) electrons. The van der Waals surface area contributed by atoms with E-state index < -0.39 is 14.7 Å². The SMILES string of the molecule is CC(O)CC(C)O.O=P(O)(c1ccccc1)c1ccccc1.O=P(O)(c1ccccc1)c1ccccc1. The minimum Gasteiger partial charge on any atom is -0.393 e. The van der Waals surface area contributed by atoms with Gasteiger partial charge in [0, 0.05) is 21.2 Å². The molecular weight excluding hydrogens is 506 g/mol. The highest BCUT2D eigenvalue weighted by Gasteiger charge is 2.23. The van der Waals surface area contributed by atoms with Gasteiger partial charge in [0.25, 0.3) is 14.7 Å². The van der Waals surface area contributed by atoms with Crippen molar-refractivity contribution in [2.75, 3.05) is 0 Å². The first-order valence-corrected chi connectivity index (χ1v) is 15.1.